The zero-order valence-electron chi connectivity index (χ0n) is 20.4. The van der Waals surface area contributed by atoms with Gasteiger partial charge in [0.1, 0.15) is 11.2 Å². The van der Waals surface area contributed by atoms with E-state index < -0.39 is 0 Å². The Kier molecular flexibility index (Phi) is 4.64. The molecule has 0 aliphatic rings. The van der Waals surface area contributed by atoms with E-state index in [0.29, 0.717) is 0 Å². The first-order valence-corrected chi connectivity index (χ1v) is 13.2. The fraction of sp³-hybridized carbons (Fsp3) is 0. The van der Waals surface area contributed by atoms with Crippen molar-refractivity contribution in [3.05, 3.63) is 132 Å². The summed E-state index contributed by atoms with van der Waals surface area (Å²) in [4.78, 5) is 0. The summed E-state index contributed by atoms with van der Waals surface area (Å²) in [6, 6.07) is 44.9. The first-order valence-electron chi connectivity index (χ1n) is 12.8. The topological polar surface area (TPSA) is 13.1 Å². The molecule has 1 heterocycles. The second kappa shape index (κ2) is 8.21. The maximum Gasteiger partial charge on any atom is 0.136 e. The predicted octanol–water partition coefficient (Wildman–Crippen LogP) is 11.0. The summed E-state index contributed by atoms with van der Waals surface area (Å²) in [6.07, 6.45) is 0. The van der Waals surface area contributed by atoms with Gasteiger partial charge in [-0.2, -0.15) is 0 Å². The van der Waals surface area contributed by atoms with E-state index in [1.54, 1.807) is 0 Å². The van der Waals surface area contributed by atoms with Gasteiger partial charge >= 0.3 is 0 Å². The highest BCUT2D eigenvalue weighted by molar-refractivity contribution is 6.37. The van der Waals surface area contributed by atoms with Crippen molar-refractivity contribution in [2.45, 2.75) is 0 Å². The van der Waals surface area contributed by atoms with Crippen LogP contribution < -0.4 is 0 Å². The van der Waals surface area contributed by atoms with Crippen LogP contribution in [0.5, 0.6) is 0 Å². The standard InChI is InChI=1S/C36H21ClO/c37-33-16-7-15-30-32(33)21-31-26(25-12-5-9-22-8-1-2-10-24(22)25)13-6-14-29(31)36(30)23-18-19-28-27-11-3-4-17-34(27)38-35(28)20-23/h1-21H. The minimum absolute atomic E-state index is 0.753. The number of halogens is 1. The molecule has 178 valence electrons. The molecule has 0 aliphatic heterocycles. The van der Waals surface area contributed by atoms with E-state index in [0.717, 1.165) is 43.3 Å². The fourth-order valence-electron chi connectivity index (χ4n) is 6.02. The van der Waals surface area contributed by atoms with Crippen LogP contribution in [0.3, 0.4) is 0 Å². The van der Waals surface area contributed by atoms with E-state index in [9.17, 15) is 0 Å². The summed E-state index contributed by atoms with van der Waals surface area (Å²) in [6.45, 7) is 0. The number of para-hydroxylation sites is 1. The third-order valence-electron chi connectivity index (χ3n) is 7.73. The van der Waals surface area contributed by atoms with Crippen LogP contribution in [0.15, 0.2) is 132 Å². The molecule has 8 rings (SSSR count). The van der Waals surface area contributed by atoms with Crippen molar-refractivity contribution >= 4 is 65.9 Å². The summed E-state index contributed by atoms with van der Waals surface area (Å²) < 4.78 is 6.28. The zero-order chi connectivity index (χ0) is 25.2. The molecule has 0 amide bonds. The maximum absolute atomic E-state index is 6.84. The molecule has 0 spiro atoms. The summed E-state index contributed by atoms with van der Waals surface area (Å²) in [5.74, 6) is 0. The molecule has 7 aromatic carbocycles. The SMILES string of the molecule is Clc1cccc2c(-c3ccc4c(c3)oc3ccccc34)c3cccc(-c4cccc5ccccc45)c3cc12. The van der Waals surface area contributed by atoms with Crippen molar-refractivity contribution in [2.24, 2.45) is 0 Å². The molecular weight excluding hydrogens is 484 g/mol. The lowest BCUT2D eigenvalue weighted by Crippen LogP contribution is -1.90. The Bertz CT molecular complexity index is 2200. The van der Waals surface area contributed by atoms with Crippen LogP contribution >= 0.6 is 11.6 Å². The molecule has 0 saturated carbocycles. The largest absolute Gasteiger partial charge is 0.456 e. The molecule has 8 aromatic rings. The molecule has 0 saturated heterocycles. The van der Waals surface area contributed by atoms with Gasteiger partial charge < -0.3 is 4.42 Å². The average Bonchev–Trinajstić information content (AvgIpc) is 3.34. The van der Waals surface area contributed by atoms with Crippen molar-refractivity contribution in [1.29, 1.82) is 0 Å². The minimum atomic E-state index is 0.753. The third kappa shape index (κ3) is 3.13. The van der Waals surface area contributed by atoms with Gasteiger partial charge in [-0.05, 0) is 79.5 Å². The van der Waals surface area contributed by atoms with E-state index in [1.165, 1.54) is 38.2 Å². The Hall–Kier alpha value is -4.59. The highest BCUT2D eigenvalue weighted by Gasteiger charge is 2.17. The zero-order valence-corrected chi connectivity index (χ0v) is 21.2. The molecule has 0 aliphatic carbocycles. The van der Waals surface area contributed by atoms with Crippen molar-refractivity contribution < 1.29 is 4.42 Å². The Labute approximate surface area is 224 Å². The van der Waals surface area contributed by atoms with E-state index in [1.807, 2.05) is 24.3 Å². The van der Waals surface area contributed by atoms with Gasteiger partial charge in [0.25, 0.3) is 0 Å². The monoisotopic (exact) mass is 504 g/mol. The van der Waals surface area contributed by atoms with E-state index in [-0.39, 0.29) is 0 Å². The third-order valence-corrected chi connectivity index (χ3v) is 8.06. The van der Waals surface area contributed by atoms with Crippen LogP contribution in [0.25, 0.3) is 76.5 Å². The lowest BCUT2D eigenvalue weighted by molar-refractivity contribution is 0.669. The van der Waals surface area contributed by atoms with Crippen LogP contribution in [-0.4, -0.2) is 0 Å². The Morgan fingerprint density at radius 3 is 1.95 bits per heavy atom. The summed E-state index contributed by atoms with van der Waals surface area (Å²) in [5.41, 5.74) is 6.50. The van der Waals surface area contributed by atoms with E-state index >= 15 is 0 Å². The van der Waals surface area contributed by atoms with Gasteiger partial charge in [-0.25, -0.2) is 0 Å². The molecular formula is C36H21ClO. The molecule has 1 aromatic heterocycles. The highest BCUT2D eigenvalue weighted by Crippen LogP contribution is 2.44. The second-order valence-corrected chi connectivity index (χ2v) is 10.2. The minimum Gasteiger partial charge on any atom is -0.456 e. The van der Waals surface area contributed by atoms with Gasteiger partial charge in [0.2, 0.25) is 0 Å². The van der Waals surface area contributed by atoms with Crippen LogP contribution in [0.4, 0.5) is 0 Å². The molecule has 0 N–H and O–H groups in total. The molecule has 2 heteroatoms. The number of benzene rings is 7. The molecule has 0 atom stereocenters. The summed E-state index contributed by atoms with van der Waals surface area (Å²) >= 11 is 6.84. The first kappa shape index (κ1) is 21.5. The number of furan rings is 1. The van der Waals surface area contributed by atoms with Crippen LogP contribution in [-0.2, 0) is 0 Å². The Morgan fingerprint density at radius 2 is 1.05 bits per heavy atom. The number of rotatable bonds is 2. The van der Waals surface area contributed by atoms with Gasteiger partial charge in [0.15, 0.2) is 0 Å². The molecule has 0 radical (unpaired) electrons. The molecule has 1 nitrogen and oxygen atoms in total. The molecule has 0 unspecified atom stereocenters. The summed E-state index contributed by atoms with van der Waals surface area (Å²) in [7, 11) is 0. The smallest absolute Gasteiger partial charge is 0.136 e. The Balaban J connectivity index is 1.49. The van der Waals surface area contributed by atoms with Crippen molar-refractivity contribution in [3.8, 4) is 22.3 Å². The van der Waals surface area contributed by atoms with Gasteiger partial charge in [0, 0.05) is 21.2 Å². The maximum atomic E-state index is 6.84. The van der Waals surface area contributed by atoms with Crippen LogP contribution in [0.2, 0.25) is 5.02 Å². The van der Waals surface area contributed by atoms with Crippen molar-refractivity contribution in [1.82, 2.24) is 0 Å². The highest BCUT2D eigenvalue weighted by atomic mass is 35.5. The predicted molar refractivity (Wildman–Crippen MR) is 162 cm³/mol. The van der Waals surface area contributed by atoms with Crippen molar-refractivity contribution in [2.75, 3.05) is 0 Å². The average molecular weight is 505 g/mol. The summed E-state index contributed by atoms with van der Waals surface area (Å²) in [5, 5.41) is 10.1. The molecule has 38 heavy (non-hydrogen) atoms. The lowest BCUT2D eigenvalue weighted by Gasteiger charge is -2.16. The quantitative estimate of drug-likeness (QED) is 0.213. The Morgan fingerprint density at radius 1 is 0.421 bits per heavy atom. The first-order chi connectivity index (χ1) is 18.8. The van der Waals surface area contributed by atoms with Crippen LogP contribution in [0, 0.1) is 0 Å². The fourth-order valence-corrected chi connectivity index (χ4v) is 6.25. The normalized spacial score (nSPS) is 11.8. The number of hydrogen-bond acceptors (Lipinski definition) is 1. The van der Waals surface area contributed by atoms with Gasteiger partial charge in [-0.1, -0.05) is 109 Å². The van der Waals surface area contributed by atoms with Gasteiger partial charge in [0.05, 0.1) is 0 Å². The number of hydrogen-bond donors (Lipinski definition) is 0. The molecule has 0 fully saturated rings. The lowest BCUT2D eigenvalue weighted by atomic mass is 9.87. The molecule has 0 bridgehead atoms. The van der Waals surface area contributed by atoms with E-state index in [2.05, 4.69) is 103 Å². The van der Waals surface area contributed by atoms with Gasteiger partial charge in [-0.15, -0.1) is 0 Å². The van der Waals surface area contributed by atoms with E-state index in [4.69, 9.17) is 16.0 Å². The second-order valence-electron chi connectivity index (χ2n) is 9.82. The number of fused-ring (bicyclic) bond motifs is 6. The van der Waals surface area contributed by atoms with Crippen molar-refractivity contribution in [3.63, 3.8) is 0 Å². The van der Waals surface area contributed by atoms with Crippen LogP contribution in [0.1, 0.15) is 0 Å². The van der Waals surface area contributed by atoms with Gasteiger partial charge in [-0.3, -0.25) is 0 Å².